The number of rotatable bonds is 15. The summed E-state index contributed by atoms with van der Waals surface area (Å²) in [6.07, 6.45) is 10.0. The maximum absolute atomic E-state index is 5.20. The van der Waals surface area contributed by atoms with E-state index in [2.05, 4.69) is 124 Å². The second-order valence-corrected chi connectivity index (χ2v) is 15.4. The van der Waals surface area contributed by atoms with E-state index in [1.165, 1.54) is 69.9 Å². The molecule has 48 heavy (non-hydrogen) atoms. The lowest BCUT2D eigenvalue weighted by Crippen LogP contribution is -2.33. The maximum Gasteiger partial charge on any atom is 0.124 e. The number of benzene rings is 2. The number of allylic oxidation sites excluding steroid dienone is 1. The van der Waals surface area contributed by atoms with Gasteiger partial charge >= 0.3 is 0 Å². The Morgan fingerprint density at radius 2 is 1.73 bits per heavy atom. The first-order valence-electron chi connectivity index (χ1n) is 18.8. The van der Waals surface area contributed by atoms with Gasteiger partial charge in [-0.1, -0.05) is 78.3 Å². The molecular formula is C43H61N5. The normalized spacial score (nSPS) is 14.6. The monoisotopic (exact) mass is 647 g/mol. The van der Waals surface area contributed by atoms with Crippen LogP contribution in [-0.4, -0.2) is 46.1 Å². The molecule has 0 radical (unpaired) electrons. The number of piperidine rings is 1. The highest BCUT2D eigenvalue weighted by molar-refractivity contribution is 5.81. The molecule has 0 spiro atoms. The Morgan fingerprint density at radius 1 is 0.938 bits per heavy atom. The number of likely N-dealkylation sites (tertiary alicyclic amines) is 1. The summed E-state index contributed by atoms with van der Waals surface area (Å²) in [6, 6.07) is 20.5. The Labute approximate surface area is 291 Å². The number of aryl methyl sites for hydroxylation is 4. The summed E-state index contributed by atoms with van der Waals surface area (Å²) in [5.41, 5.74) is 11.7. The van der Waals surface area contributed by atoms with Crippen LogP contribution in [0.3, 0.4) is 0 Å². The maximum atomic E-state index is 5.20. The van der Waals surface area contributed by atoms with Crippen molar-refractivity contribution < 1.29 is 0 Å². The van der Waals surface area contributed by atoms with E-state index in [-0.39, 0.29) is 5.41 Å². The van der Waals surface area contributed by atoms with E-state index in [4.69, 9.17) is 9.97 Å². The molecule has 2 aromatic heterocycles. The Balaban J connectivity index is 1.23. The van der Waals surface area contributed by atoms with Crippen LogP contribution in [0, 0.1) is 5.41 Å². The van der Waals surface area contributed by atoms with Gasteiger partial charge in [-0.15, -0.1) is 0 Å². The predicted octanol–water partition coefficient (Wildman–Crippen LogP) is 10.3. The Hall–Kier alpha value is -3.44. The number of nitrogens with zero attached hydrogens (tertiary/aromatic N) is 5. The van der Waals surface area contributed by atoms with Crippen LogP contribution in [0.1, 0.15) is 120 Å². The molecule has 0 bridgehead atoms. The molecule has 258 valence electrons. The van der Waals surface area contributed by atoms with Gasteiger partial charge in [0.2, 0.25) is 0 Å². The van der Waals surface area contributed by atoms with Crippen LogP contribution in [-0.2, 0) is 32.4 Å². The summed E-state index contributed by atoms with van der Waals surface area (Å²) < 4.78 is 2.51. The minimum absolute atomic E-state index is 0.221. The molecule has 5 heteroatoms. The van der Waals surface area contributed by atoms with Crippen LogP contribution >= 0.6 is 0 Å². The van der Waals surface area contributed by atoms with Crippen molar-refractivity contribution >= 4 is 22.3 Å². The SMILES string of the molecule is C=C(CC(C)(C)C)c1ccc2nc(CN3CCC(c4cccc(CCc5ccc(CC)c(N(C)CC)c5)n4)CC3)n(CCCCC)c2c1. The third kappa shape index (κ3) is 9.16. The number of anilines is 1. The number of pyridine rings is 1. The van der Waals surface area contributed by atoms with Gasteiger partial charge in [-0.25, -0.2) is 4.98 Å². The second-order valence-electron chi connectivity index (χ2n) is 15.4. The molecule has 0 unspecified atom stereocenters. The number of hydrogen-bond acceptors (Lipinski definition) is 4. The molecule has 0 saturated carbocycles. The van der Waals surface area contributed by atoms with Crippen molar-refractivity contribution in [1.29, 1.82) is 0 Å². The third-order valence-electron chi connectivity index (χ3n) is 10.2. The molecule has 1 fully saturated rings. The standard InChI is InChI=1S/C43H61N5/c1-9-12-13-25-48-41-29-36(32(4)30-43(5,6)7)20-22-39(41)45-42(48)31-47-26-23-35(24-27-47)38-16-14-15-37(44-38)21-18-33-17-19-34(10-2)40(28-33)46(8)11-3/h14-17,19-20,22,28-29,35H,4,9-13,18,21,23-27,30-31H2,1-3,5-8H3. The van der Waals surface area contributed by atoms with Gasteiger partial charge in [-0.2, -0.15) is 0 Å². The van der Waals surface area contributed by atoms with Crippen molar-refractivity contribution in [3.63, 3.8) is 0 Å². The van der Waals surface area contributed by atoms with E-state index in [0.717, 1.165) is 76.8 Å². The highest BCUT2D eigenvalue weighted by atomic mass is 15.2. The molecule has 3 heterocycles. The topological polar surface area (TPSA) is 37.2 Å². The molecule has 5 rings (SSSR count). The minimum Gasteiger partial charge on any atom is -0.375 e. The lowest BCUT2D eigenvalue weighted by Gasteiger charge is -2.31. The summed E-state index contributed by atoms with van der Waals surface area (Å²) in [4.78, 5) is 15.4. The van der Waals surface area contributed by atoms with E-state index in [1.54, 1.807) is 0 Å². The number of fused-ring (bicyclic) bond motifs is 1. The largest absolute Gasteiger partial charge is 0.375 e. The van der Waals surface area contributed by atoms with Gasteiger partial charge in [-0.3, -0.25) is 9.88 Å². The zero-order valence-corrected chi connectivity index (χ0v) is 31.1. The van der Waals surface area contributed by atoms with Crippen LogP contribution < -0.4 is 4.90 Å². The summed E-state index contributed by atoms with van der Waals surface area (Å²) in [7, 11) is 2.19. The van der Waals surface area contributed by atoms with Crippen molar-refractivity contribution in [1.82, 2.24) is 19.4 Å². The Morgan fingerprint density at radius 3 is 2.44 bits per heavy atom. The Kier molecular flexibility index (Phi) is 12.2. The molecule has 1 aliphatic heterocycles. The molecule has 0 atom stereocenters. The summed E-state index contributed by atoms with van der Waals surface area (Å²) in [5, 5.41) is 0. The Bertz CT molecular complexity index is 1650. The lowest BCUT2D eigenvalue weighted by molar-refractivity contribution is 0.196. The average Bonchev–Trinajstić information content (AvgIpc) is 3.42. The van der Waals surface area contributed by atoms with Gasteiger partial charge in [-0.05, 0) is 123 Å². The molecule has 4 aromatic rings. The number of aromatic nitrogens is 3. The van der Waals surface area contributed by atoms with E-state index in [9.17, 15) is 0 Å². The lowest BCUT2D eigenvalue weighted by atomic mass is 9.86. The number of imidazole rings is 1. The minimum atomic E-state index is 0.221. The number of unbranched alkanes of at least 4 members (excludes halogenated alkanes) is 2. The van der Waals surface area contributed by atoms with Crippen molar-refractivity contribution in [3.8, 4) is 0 Å². The highest BCUT2D eigenvalue weighted by Gasteiger charge is 2.24. The van der Waals surface area contributed by atoms with Gasteiger partial charge in [0.15, 0.2) is 0 Å². The first kappa shape index (κ1) is 35.9. The third-order valence-corrected chi connectivity index (χ3v) is 10.2. The molecular weight excluding hydrogens is 587 g/mol. The van der Waals surface area contributed by atoms with E-state index in [0.29, 0.717) is 5.92 Å². The smallest absolute Gasteiger partial charge is 0.124 e. The fraction of sp³-hybridized carbons (Fsp3) is 0.535. The molecule has 0 N–H and O–H groups in total. The molecule has 1 saturated heterocycles. The van der Waals surface area contributed by atoms with Crippen molar-refractivity contribution in [2.24, 2.45) is 5.41 Å². The van der Waals surface area contributed by atoms with Crippen LogP contribution in [0.2, 0.25) is 0 Å². The van der Waals surface area contributed by atoms with Gasteiger partial charge < -0.3 is 9.47 Å². The summed E-state index contributed by atoms with van der Waals surface area (Å²) in [6.45, 7) is 23.2. The van der Waals surface area contributed by atoms with E-state index < -0.39 is 0 Å². The molecule has 2 aromatic carbocycles. The molecule has 5 nitrogen and oxygen atoms in total. The van der Waals surface area contributed by atoms with E-state index >= 15 is 0 Å². The van der Waals surface area contributed by atoms with Crippen LogP contribution in [0.5, 0.6) is 0 Å². The molecule has 1 aliphatic rings. The van der Waals surface area contributed by atoms with Crippen molar-refractivity contribution in [2.45, 2.75) is 118 Å². The average molecular weight is 648 g/mol. The van der Waals surface area contributed by atoms with Gasteiger partial charge in [0, 0.05) is 43.1 Å². The van der Waals surface area contributed by atoms with Crippen LogP contribution in [0.4, 0.5) is 5.69 Å². The van der Waals surface area contributed by atoms with Crippen LogP contribution in [0.25, 0.3) is 16.6 Å². The fourth-order valence-corrected chi connectivity index (χ4v) is 7.34. The van der Waals surface area contributed by atoms with Gasteiger partial charge in [0.05, 0.1) is 17.6 Å². The fourth-order valence-electron chi connectivity index (χ4n) is 7.34. The summed E-state index contributed by atoms with van der Waals surface area (Å²) >= 11 is 0. The van der Waals surface area contributed by atoms with E-state index in [1.807, 2.05) is 0 Å². The van der Waals surface area contributed by atoms with Crippen molar-refractivity contribution in [2.75, 3.05) is 31.6 Å². The zero-order valence-electron chi connectivity index (χ0n) is 31.1. The first-order valence-corrected chi connectivity index (χ1v) is 18.8. The quantitative estimate of drug-likeness (QED) is 0.120. The highest BCUT2D eigenvalue weighted by Crippen LogP contribution is 2.32. The van der Waals surface area contributed by atoms with Gasteiger partial charge in [0.1, 0.15) is 5.82 Å². The van der Waals surface area contributed by atoms with Crippen molar-refractivity contribution in [3.05, 3.63) is 95.1 Å². The summed E-state index contributed by atoms with van der Waals surface area (Å²) in [5.74, 6) is 1.73. The molecule has 0 amide bonds. The van der Waals surface area contributed by atoms with Gasteiger partial charge in [0.25, 0.3) is 0 Å². The zero-order chi connectivity index (χ0) is 34.3. The van der Waals surface area contributed by atoms with Crippen LogP contribution in [0.15, 0.2) is 61.2 Å². The second kappa shape index (κ2) is 16.3. The predicted molar refractivity (Wildman–Crippen MR) is 206 cm³/mol. The first-order chi connectivity index (χ1) is 23.1. The number of hydrogen-bond donors (Lipinski definition) is 0. The molecule has 0 aliphatic carbocycles.